The fraction of sp³-hybridized carbons (Fsp3) is 0.294. The number of benzene rings is 2. The molecule has 1 aliphatic heterocycles. The summed E-state index contributed by atoms with van der Waals surface area (Å²) in [5.41, 5.74) is 9.05. The van der Waals surface area contributed by atoms with Gasteiger partial charge in [-0.25, -0.2) is 8.42 Å². The molecule has 2 aromatic carbocycles. The maximum absolute atomic E-state index is 12.5. The van der Waals surface area contributed by atoms with E-state index in [0.29, 0.717) is 11.4 Å². The second-order valence-electron chi connectivity index (χ2n) is 5.71. The quantitative estimate of drug-likeness (QED) is 0.750. The van der Waals surface area contributed by atoms with Gasteiger partial charge < -0.3 is 10.6 Å². The number of anilines is 2. The molecule has 24 heavy (non-hydrogen) atoms. The molecule has 0 spiro atoms. The third-order valence-corrected chi connectivity index (χ3v) is 6.42. The highest BCUT2D eigenvalue weighted by Crippen LogP contribution is 2.31. The van der Waals surface area contributed by atoms with E-state index in [1.807, 2.05) is 18.2 Å². The Morgan fingerprint density at radius 3 is 2.54 bits per heavy atom. The smallest absolute Gasteiger partial charge is 0.180 e. The van der Waals surface area contributed by atoms with Gasteiger partial charge in [-0.1, -0.05) is 22.0 Å². The topological polar surface area (TPSA) is 63.4 Å². The number of nitrogens with zero attached hydrogens (tertiary/aromatic N) is 1. The summed E-state index contributed by atoms with van der Waals surface area (Å²) in [5, 5.41) is 0. The third-order valence-electron chi connectivity index (χ3n) is 4.19. The van der Waals surface area contributed by atoms with Crippen LogP contribution in [0.2, 0.25) is 0 Å². The van der Waals surface area contributed by atoms with Crippen LogP contribution in [0.5, 0.6) is 0 Å². The van der Waals surface area contributed by atoms with Gasteiger partial charge in [-0.3, -0.25) is 0 Å². The van der Waals surface area contributed by atoms with Crippen LogP contribution in [0.4, 0.5) is 11.4 Å². The molecule has 0 aliphatic carbocycles. The molecule has 0 saturated carbocycles. The first-order chi connectivity index (χ1) is 11.0. The molecule has 1 heterocycles. The van der Waals surface area contributed by atoms with E-state index in [1.165, 1.54) is 0 Å². The molecule has 0 fully saturated rings. The molecule has 4 nitrogen and oxygen atoms in total. The lowest BCUT2D eigenvalue weighted by molar-refractivity contribution is 0.593. The standard InChI is InChI=1S/C17H19BrN2O2S.ClH/c18-13-6-8-14(9-7-13)23(21,22)12-11-20-10-2-3-15-16(19)4-1-5-17(15)20;/h1,4-9H,2-3,10-12,19H2;1H. The van der Waals surface area contributed by atoms with Crippen molar-refractivity contribution in [3.8, 4) is 0 Å². The molecule has 0 bridgehead atoms. The molecule has 0 amide bonds. The van der Waals surface area contributed by atoms with Crippen molar-refractivity contribution in [1.82, 2.24) is 0 Å². The maximum Gasteiger partial charge on any atom is 0.180 e. The fourth-order valence-electron chi connectivity index (χ4n) is 2.95. The molecule has 0 radical (unpaired) electrons. The van der Waals surface area contributed by atoms with E-state index in [4.69, 9.17) is 5.73 Å². The highest BCUT2D eigenvalue weighted by molar-refractivity contribution is 9.10. The number of halogens is 2. The number of fused-ring (bicyclic) bond motifs is 1. The van der Waals surface area contributed by atoms with E-state index in [-0.39, 0.29) is 18.2 Å². The number of sulfone groups is 1. The zero-order valence-corrected chi connectivity index (χ0v) is 16.3. The van der Waals surface area contributed by atoms with Crippen LogP contribution < -0.4 is 10.6 Å². The van der Waals surface area contributed by atoms with Crippen LogP contribution in [-0.4, -0.2) is 27.3 Å². The van der Waals surface area contributed by atoms with Gasteiger partial charge in [-0.2, -0.15) is 0 Å². The Bertz CT molecular complexity index is 810. The van der Waals surface area contributed by atoms with Crippen molar-refractivity contribution in [2.24, 2.45) is 0 Å². The number of rotatable bonds is 4. The molecular weight excluding hydrogens is 412 g/mol. The van der Waals surface area contributed by atoms with Crippen LogP contribution in [0.15, 0.2) is 51.8 Å². The average molecular weight is 432 g/mol. The van der Waals surface area contributed by atoms with Gasteiger partial charge in [0, 0.05) is 28.9 Å². The zero-order valence-electron chi connectivity index (χ0n) is 13.1. The van der Waals surface area contributed by atoms with Crippen molar-refractivity contribution >= 4 is 49.5 Å². The van der Waals surface area contributed by atoms with Gasteiger partial charge in [-0.15, -0.1) is 12.4 Å². The van der Waals surface area contributed by atoms with Crippen LogP contribution in [0.3, 0.4) is 0 Å². The Morgan fingerprint density at radius 1 is 1.12 bits per heavy atom. The van der Waals surface area contributed by atoms with E-state index < -0.39 is 9.84 Å². The summed E-state index contributed by atoms with van der Waals surface area (Å²) < 4.78 is 25.9. The summed E-state index contributed by atoms with van der Waals surface area (Å²) in [6.45, 7) is 1.35. The lowest BCUT2D eigenvalue weighted by atomic mass is 10.00. The van der Waals surface area contributed by atoms with Gasteiger partial charge in [-0.05, 0) is 54.8 Å². The molecule has 3 rings (SSSR count). The Kier molecular flexibility index (Phi) is 6.17. The van der Waals surface area contributed by atoms with Crippen molar-refractivity contribution in [3.05, 3.63) is 52.5 Å². The van der Waals surface area contributed by atoms with E-state index in [9.17, 15) is 8.42 Å². The van der Waals surface area contributed by atoms with Gasteiger partial charge in [0.25, 0.3) is 0 Å². The first-order valence-electron chi connectivity index (χ1n) is 7.58. The van der Waals surface area contributed by atoms with E-state index in [2.05, 4.69) is 20.8 Å². The number of nitrogen functional groups attached to an aromatic ring is 1. The van der Waals surface area contributed by atoms with Crippen molar-refractivity contribution in [2.75, 3.05) is 29.5 Å². The van der Waals surface area contributed by atoms with Crippen LogP contribution in [-0.2, 0) is 16.3 Å². The third kappa shape index (κ3) is 4.05. The van der Waals surface area contributed by atoms with Gasteiger partial charge in [0.1, 0.15) is 0 Å². The Balaban J connectivity index is 0.00000208. The predicted molar refractivity (Wildman–Crippen MR) is 105 cm³/mol. The van der Waals surface area contributed by atoms with Crippen LogP contribution in [0.1, 0.15) is 12.0 Å². The molecular formula is C17H20BrClN2O2S. The molecule has 7 heteroatoms. The minimum absolute atomic E-state index is 0. The summed E-state index contributed by atoms with van der Waals surface area (Å²) in [6, 6.07) is 12.6. The molecule has 0 aromatic heterocycles. The normalized spacial score (nSPS) is 14.0. The first kappa shape index (κ1) is 19.1. The van der Waals surface area contributed by atoms with Crippen molar-refractivity contribution in [2.45, 2.75) is 17.7 Å². The lowest BCUT2D eigenvalue weighted by Gasteiger charge is -2.32. The number of nitrogens with two attached hydrogens (primary N) is 1. The first-order valence-corrected chi connectivity index (χ1v) is 10.0. The van der Waals surface area contributed by atoms with Gasteiger partial charge in [0.2, 0.25) is 0 Å². The van der Waals surface area contributed by atoms with Crippen molar-refractivity contribution in [1.29, 1.82) is 0 Å². The summed E-state index contributed by atoms with van der Waals surface area (Å²) >= 11 is 3.32. The van der Waals surface area contributed by atoms with Gasteiger partial charge in [0.05, 0.1) is 10.6 Å². The van der Waals surface area contributed by atoms with Gasteiger partial charge in [0.15, 0.2) is 9.84 Å². The van der Waals surface area contributed by atoms with Crippen molar-refractivity contribution in [3.63, 3.8) is 0 Å². The average Bonchev–Trinajstić information content (AvgIpc) is 2.54. The zero-order chi connectivity index (χ0) is 16.4. The summed E-state index contributed by atoms with van der Waals surface area (Å²) in [5.74, 6) is 0.100. The molecule has 2 aromatic rings. The predicted octanol–water partition coefficient (Wildman–Crippen LogP) is 3.68. The molecule has 0 saturated heterocycles. The van der Waals surface area contributed by atoms with Crippen LogP contribution >= 0.6 is 28.3 Å². The summed E-state index contributed by atoms with van der Waals surface area (Å²) in [4.78, 5) is 2.50. The Labute approximate surface area is 157 Å². The lowest BCUT2D eigenvalue weighted by Crippen LogP contribution is -2.34. The monoisotopic (exact) mass is 430 g/mol. The summed E-state index contributed by atoms with van der Waals surface area (Å²) in [6.07, 6.45) is 1.96. The Morgan fingerprint density at radius 2 is 1.83 bits per heavy atom. The molecule has 1 aliphatic rings. The minimum atomic E-state index is -3.28. The van der Waals surface area contributed by atoms with E-state index >= 15 is 0 Å². The molecule has 130 valence electrons. The van der Waals surface area contributed by atoms with Gasteiger partial charge >= 0.3 is 0 Å². The van der Waals surface area contributed by atoms with Crippen LogP contribution in [0, 0.1) is 0 Å². The highest BCUT2D eigenvalue weighted by Gasteiger charge is 2.21. The Hall–Kier alpha value is -1.24. The number of hydrogen-bond donors (Lipinski definition) is 1. The molecule has 0 atom stereocenters. The SMILES string of the molecule is Cl.Nc1cccc2c1CCCN2CCS(=O)(=O)c1ccc(Br)cc1. The van der Waals surface area contributed by atoms with E-state index in [1.54, 1.807) is 24.3 Å². The van der Waals surface area contributed by atoms with E-state index in [0.717, 1.165) is 40.8 Å². The number of hydrogen-bond acceptors (Lipinski definition) is 4. The second-order valence-corrected chi connectivity index (χ2v) is 8.73. The van der Waals surface area contributed by atoms with Crippen LogP contribution in [0.25, 0.3) is 0 Å². The summed E-state index contributed by atoms with van der Waals surface area (Å²) in [7, 11) is -3.28. The minimum Gasteiger partial charge on any atom is -0.398 e. The second kappa shape index (κ2) is 7.76. The van der Waals surface area contributed by atoms with Crippen molar-refractivity contribution < 1.29 is 8.42 Å². The highest BCUT2D eigenvalue weighted by atomic mass is 79.9. The largest absolute Gasteiger partial charge is 0.398 e. The maximum atomic E-state index is 12.5. The fourth-order valence-corrected chi connectivity index (χ4v) is 4.46. The molecule has 0 unspecified atom stereocenters. The molecule has 2 N–H and O–H groups in total.